The standard InChI is InChI=1S/C20H21ClN4.HI/c1-22-20(24-13-11-15-7-9-18(21)10-8-15)25-14-17-5-2-4-16-6-3-12-23-19(16)17;/h2-10,12H,11,13-14H2,1H3,(H2,22,24,25);1H. The van der Waals surface area contributed by atoms with E-state index in [4.69, 9.17) is 11.6 Å². The van der Waals surface area contributed by atoms with Gasteiger partial charge in [0.05, 0.1) is 5.52 Å². The molecule has 0 spiro atoms. The molecule has 3 rings (SSSR count). The predicted octanol–water partition coefficient (Wildman–Crippen LogP) is 4.41. The van der Waals surface area contributed by atoms with Crippen molar-refractivity contribution in [1.29, 1.82) is 0 Å². The summed E-state index contributed by atoms with van der Waals surface area (Å²) in [6, 6.07) is 18.2. The number of nitrogens with zero attached hydrogens (tertiary/aromatic N) is 2. The Labute approximate surface area is 176 Å². The number of pyridine rings is 1. The molecule has 0 saturated carbocycles. The number of fused-ring (bicyclic) bond motifs is 1. The van der Waals surface area contributed by atoms with Crippen LogP contribution in [0.4, 0.5) is 0 Å². The Morgan fingerprint density at radius 2 is 1.81 bits per heavy atom. The molecular weight excluding hydrogens is 459 g/mol. The van der Waals surface area contributed by atoms with E-state index in [1.165, 1.54) is 5.56 Å². The molecule has 0 fully saturated rings. The molecule has 136 valence electrons. The van der Waals surface area contributed by atoms with Crippen molar-refractivity contribution in [3.63, 3.8) is 0 Å². The summed E-state index contributed by atoms with van der Waals surface area (Å²) in [6.45, 7) is 1.48. The van der Waals surface area contributed by atoms with Gasteiger partial charge >= 0.3 is 0 Å². The van der Waals surface area contributed by atoms with Crippen LogP contribution >= 0.6 is 35.6 Å². The molecule has 0 unspecified atom stereocenters. The first-order valence-corrected chi connectivity index (χ1v) is 8.65. The topological polar surface area (TPSA) is 49.3 Å². The van der Waals surface area contributed by atoms with Crippen molar-refractivity contribution in [2.75, 3.05) is 13.6 Å². The molecule has 0 atom stereocenters. The summed E-state index contributed by atoms with van der Waals surface area (Å²) in [5.74, 6) is 0.780. The Morgan fingerprint density at radius 1 is 1.04 bits per heavy atom. The lowest BCUT2D eigenvalue weighted by Gasteiger charge is -2.13. The molecule has 2 aromatic carbocycles. The van der Waals surface area contributed by atoms with Gasteiger partial charge in [-0.1, -0.05) is 48.0 Å². The van der Waals surface area contributed by atoms with Crippen LogP contribution in [0.15, 0.2) is 65.8 Å². The zero-order valence-corrected chi connectivity index (χ0v) is 17.7. The first-order chi connectivity index (χ1) is 12.3. The Bertz CT molecular complexity index is 860. The Morgan fingerprint density at radius 3 is 2.58 bits per heavy atom. The van der Waals surface area contributed by atoms with Crippen LogP contribution in [0.1, 0.15) is 11.1 Å². The van der Waals surface area contributed by atoms with Crippen molar-refractivity contribution in [3.05, 3.63) is 76.9 Å². The van der Waals surface area contributed by atoms with Crippen LogP contribution in [0.25, 0.3) is 10.9 Å². The number of aromatic nitrogens is 1. The second kappa shape index (κ2) is 10.3. The van der Waals surface area contributed by atoms with Crippen LogP contribution < -0.4 is 10.6 Å². The van der Waals surface area contributed by atoms with E-state index in [2.05, 4.69) is 44.9 Å². The van der Waals surface area contributed by atoms with Gasteiger partial charge in [-0.05, 0) is 35.7 Å². The smallest absolute Gasteiger partial charge is 0.191 e. The number of nitrogens with one attached hydrogen (secondary N) is 2. The monoisotopic (exact) mass is 480 g/mol. The summed E-state index contributed by atoms with van der Waals surface area (Å²) in [4.78, 5) is 8.76. The van der Waals surface area contributed by atoms with Gasteiger partial charge in [-0.25, -0.2) is 0 Å². The van der Waals surface area contributed by atoms with Crippen LogP contribution in [0, 0.1) is 0 Å². The molecule has 6 heteroatoms. The van der Waals surface area contributed by atoms with Crippen LogP contribution in [0.2, 0.25) is 5.02 Å². The molecule has 0 amide bonds. The molecule has 1 heterocycles. The highest BCUT2D eigenvalue weighted by Gasteiger charge is 2.03. The third kappa shape index (κ3) is 5.57. The minimum Gasteiger partial charge on any atom is -0.356 e. The number of guanidine groups is 1. The van der Waals surface area contributed by atoms with Gasteiger partial charge in [0.15, 0.2) is 5.96 Å². The van der Waals surface area contributed by atoms with E-state index in [9.17, 15) is 0 Å². The number of rotatable bonds is 5. The zero-order valence-electron chi connectivity index (χ0n) is 14.6. The Balaban J connectivity index is 0.00000243. The highest BCUT2D eigenvalue weighted by molar-refractivity contribution is 14.0. The van der Waals surface area contributed by atoms with Crippen LogP contribution in [0.3, 0.4) is 0 Å². The van der Waals surface area contributed by atoms with Crippen molar-refractivity contribution in [2.45, 2.75) is 13.0 Å². The third-order valence-corrected chi connectivity index (χ3v) is 4.26. The Hall–Kier alpha value is -1.86. The van der Waals surface area contributed by atoms with Gasteiger partial charge in [0.2, 0.25) is 0 Å². The molecule has 0 radical (unpaired) electrons. The maximum atomic E-state index is 5.91. The van der Waals surface area contributed by atoms with Gasteiger partial charge < -0.3 is 10.6 Å². The second-order valence-electron chi connectivity index (χ2n) is 5.72. The maximum Gasteiger partial charge on any atom is 0.191 e. The average Bonchev–Trinajstić information content (AvgIpc) is 2.66. The fraction of sp³-hybridized carbons (Fsp3) is 0.200. The number of para-hydroxylation sites is 1. The molecule has 0 saturated heterocycles. The van der Waals surface area contributed by atoms with Crippen LogP contribution in [-0.4, -0.2) is 24.5 Å². The molecule has 0 bridgehead atoms. The van der Waals surface area contributed by atoms with Crippen molar-refractivity contribution >= 4 is 52.4 Å². The summed E-state index contributed by atoms with van der Waals surface area (Å²) >= 11 is 5.91. The third-order valence-electron chi connectivity index (χ3n) is 4.01. The summed E-state index contributed by atoms with van der Waals surface area (Å²) in [6.07, 6.45) is 2.73. The molecule has 2 N–H and O–H groups in total. The lowest BCUT2D eigenvalue weighted by Crippen LogP contribution is -2.37. The van der Waals surface area contributed by atoms with Crippen LogP contribution in [-0.2, 0) is 13.0 Å². The molecule has 26 heavy (non-hydrogen) atoms. The van der Waals surface area contributed by atoms with Gasteiger partial charge in [-0.2, -0.15) is 0 Å². The number of halogens is 2. The molecule has 0 aliphatic rings. The summed E-state index contributed by atoms with van der Waals surface area (Å²) in [5.41, 5.74) is 3.42. The maximum absolute atomic E-state index is 5.91. The predicted molar refractivity (Wildman–Crippen MR) is 121 cm³/mol. The number of aliphatic imine (C=N–C) groups is 1. The molecular formula is C20H22ClIN4. The molecule has 0 aliphatic carbocycles. The number of hydrogen-bond acceptors (Lipinski definition) is 2. The normalized spacial score (nSPS) is 11.1. The van der Waals surface area contributed by atoms with Gasteiger partial charge in [0.1, 0.15) is 0 Å². The van der Waals surface area contributed by atoms with Crippen LogP contribution in [0.5, 0.6) is 0 Å². The van der Waals surface area contributed by atoms with Gasteiger partial charge in [0.25, 0.3) is 0 Å². The first kappa shape index (κ1) is 20.5. The summed E-state index contributed by atoms with van der Waals surface area (Å²) in [5, 5.41) is 8.60. The Kier molecular flexibility index (Phi) is 8.12. The summed E-state index contributed by atoms with van der Waals surface area (Å²) in [7, 11) is 1.78. The first-order valence-electron chi connectivity index (χ1n) is 8.28. The van der Waals surface area contributed by atoms with E-state index in [1.807, 2.05) is 36.5 Å². The molecule has 0 aliphatic heterocycles. The number of benzene rings is 2. The largest absolute Gasteiger partial charge is 0.356 e. The van der Waals surface area contributed by atoms with E-state index >= 15 is 0 Å². The minimum absolute atomic E-state index is 0. The zero-order chi connectivity index (χ0) is 17.5. The highest BCUT2D eigenvalue weighted by Crippen LogP contribution is 2.15. The lowest BCUT2D eigenvalue weighted by atomic mass is 10.1. The minimum atomic E-state index is 0. The highest BCUT2D eigenvalue weighted by atomic mass is 127. The lowest BCUT2D eigenvalue weighted by molar-refractivity contribution is 0.796. The van der Waals surface area contributed by atoms with E-state index in [-0.39, 0.29) is 24.0 Å². The molecule has 3 aromatic rings. The summed E-state index contributed by atoms with van der Waals surface area (Å²) < 4.78 is 0. The van der Waals surface area contributed by atoms with Gasteiger partial charge in [0, 0.05) is 36.7 Å². The van der Waals surface area contributed by atoms with E-state index in [0.717, 1.165) is 40.4 Å². The molecule has 4 nitrogen and oxygen atoms in total. The van der Waals surface area contributed by atoms with Gasteiger partial charge in [-0.15, -0.1) is 24.0 Å². The fourth-order valence-electron chi connectivity index (χ4n) is 2.69. The van der Waals surface area contributed by atoms with Crippen molar-refractivity contribution in [2.24, 2.45) is 4.99 Å². The van der Waals surface area contributed by atoms with Crippen molar-refractivity contribution in [3.8, 4) is 0 Å². The molecule has 1 aromatic heterocycles. The van der Waals surface area contributed by atoms with Crippen molar-refractivity contribution in [1.82, 2.24) is 15.6 Å². The van der Waals surface area contributed by atoms with E-state index in [1.54, 1.807) is 7.05 Å². The average molecular weight is 481 g/mol. The van der Waals surface area contributed by atoms with Gasteiger partial charge in [-0.3, -0.25) is 9.98 Å². The number of hydrogen-bond donors (Lipinski definition) is 2. The fourth-order valence-corrected chi connectivity index (χ4v) is 2.81. The second-order valence-corrected chi connectivity index (χ2v) is 6.16. The van der Waals surface area contributed by atoms with E-state index in [0.29, 0.717) is 6.54 Å². The van der Waals surface area contributed by atoms with Crippen molar-refractivity contribution < 1.29 is 0 Å². The SMILES string of the molecule is CN=C(NCCc1ccc(Cl)cc1)NCc1cccc2cccnc12.I. The van der Waals surface area contributed by atoms with E-state index < -0.39 is 0 Å². The quantitative estimate of drug-likeness (QED) is 0.323.